The number of fused-ring (bicyclic) bond motifs is 1. The highest BCUT2D eigenvalue weighted by Crippen LogP contribution is 2.40. The molecule has 3 heterocycles. The van der Waals surface area contributed by atoms with E-state index in [1.165, 1.54) is 11.9 Å². The summed E-state index contributed by atoms with van der Waals surface area (Å²) in [7, 11) is -1.99. The minimum absolute atomic E-state index is 0.0435. The molecular weight excluding hydrogens is 468 g/mol. The Balaban J connectivity index is 1.56. The largest absolute Gasteiger partial charge is 0.356 e. The van der Waals surface area contributed by atoms with Crippen LogP contribution in [0.3, 0.4) is 0 Å². The topological polar surface area (TPSA) is 125 Å². The summed E-state index contributed by atoms with van der Waals surface area (Å²) in [5.41, 5.74) is 2.07. The molecule has 0 bridgehead atoms. The standard InChI is InChI=1S/C24H38N6O4S/c1-16(35(33,34)25-4)15-26-23-27-21-18(7-6-12-24(21,2)3)22(28-23)29-13-10-17(11-14-29)30-19(31)8-5-9-20(30)32/h16-17,25H,5-15H2,1-4H3,(H,26,27,28)/t16-/m1/s1. The van der Waals surface area contributed by atoms with E-state index in [0.29, 0.717) is 38.3 Å². The number of hydrogen-bond acceptors (Lipinski definition) is 8. The highest BCUT2D eigenvalue weighted by atomic mass is 32.2. The molecule has 2 aliphatic heterocycles. The molecule has 2 amide bonds. The second-order valence-electron chi connectivity index (χ2n) is 10.6. The van der Waals surface area contributed by atoms with Crippen molar-refractivity contribution in [1.29, 1.82) is 0 Å². The Morgan fingerprint density at radius 1 is 1.06 bits per heavy atom. The number of carbonyl (C=O) groups is 2. The van der Waals surface area contributed by atoms with Crippen molar-refractivity contribution in [3.8, 4) is 0 Å². The lowest BCUT2D eigenvalue weighted by Gasteiger charge is -2.41. The number of amides is 2. The molecule has 3 aliphatic rings. The van der Waals surface area contributed by atoms with E-state index in [0.717, 1.165) is 49.2 Å². The first-order valence-electron chi connectivity index (χ1n) is 12.7. The van der Waals surface area contributed by atoms with E-state index >= 15 is 0 Å². The van der Waals surface area contributed by atoms with Crippen molar-refractivity contribution >= 4 is 33.6 Å². The third-order valence-corrected chi connectivity index (χ3v) is 9.46. The van der Waals surface area contributed by atoms with Gasteiger partial charge < -0.3 is 10.2 Å². The third-order valence-electron chi connectivity index (χ3n) is 7.66. The lowest BCUT2D eigenvalue weighted by atomic mass is 9.76. The monoisotopic (exact) mass is 506 g/mol. The van der Waals surface area contributed by atoms with Crippen LogP contribution in [0.2, 0.25) is 0 Å². The molecule has 1 aromatic heterocycles. The first-order chi connectivity index (χ1) is 16.5. The molecule has 1 aromatic rings. The van der Waals surface area contributed by atoms with Gasteiger partial charge in [0.1, 0.15) is 5.82 Å². The van der Waals surface area contributed by atoms with Crippen molar-refractivity contribution in [2.45, 2.75) is 88.8 Å². The van der Waals surface area contributed by atoms with Crippen LogP contribution in [0.15, 0.2) is 0 Å². The number of rotatable bonds is 7. The SMILES string of the molecule is CNS(=O)(=O)[C@H](C)CNc1nc(N2CCC(N3C(=O)CCCC3=O)CC2)c2c(n1)C(C)(C)CCC2. The maximum Gasteiger partial charge on any atom is 0.229 e. The molecule has 1 atom stereocenters. The number of piperidine rings is 2. The average Bonchev–Trinajstić information content (AvgIpc) is 2.82. The molecule has 0 unspecified atom stereocenters. The Labute approximate surface area is 208 Å². The highest BCUT2D eigenvalue weighted by molar-refractivity contribution is 7.90. The van der Waals surface area contributed by atoms with Crippen LogP contribution in [0.4, 0.5) is 11.8 Å². The fourth-order valence-electron chi connectivity index (χ4n) is 5.49. The number of hydrogen-bond donors (Lipinski definition) is 2. The molecule has 0 aromatic carbocycles. The van der Waals surface area contributed by atoms with E-state index < -0.39 is 15.3 Å². The number of likely N-dealkylation sites (tertiary alicyclic amines) is 1. The van der Waals surface area contributed by atoms with Gasteiger partial charge in [-0.05, 0) is 52.5 Å². The maximum absolute atomic E-state index is 12.4. The zero-order valence-electron chi connectivity index (χ0n) is 21.3. The second kappa shape index (κ2) is 10.0. The third kappa shape index (κ3) is 5.30. The fourth-order valence-corrected chi connectivity index (χ4v) is 6.19. The molecule has 35 heavy (non-hydrogen) atoms. The van der Waals surface area contributed by atoms with Crippen molar-refractivity contribution in [1.82, 2.24) is 19.6 Å². The number of sulfonamides is 1. The normalized spacial score (nSPS) is 22.2. The Bertz CT molecular complexity index is 1070. The van der Waals surface area contributed by atoms with Crippen LogP contribution >= 0.6 is 0 Å². The second-order valence-corrected chi connectivity index (χ2v) is 12.9. The Hall–Kier alpha value is -2.27. The van der Waals surface area contributed by atoms with Gasteiger partial charge in [0.25, 0.3) is 0 Å². The van der Waals surface area contributed by atoms with E-state index in [4.69, 9.17) is 9.97 Å². The van der Waals surface area contributed by atoms with Gasteiger partial charge in [0.2, 0.25) is 27.8 Å². The zero-order valence-corrected chi connectivity index (χ0v) is 22.1. The molecular formula is C24H38N6O4S. The molecule has 0 radical (unpaired) electrons. The van der Waals surface area contributed by atoms with Gasteiger partial charge in [-0.2, -0.15) is 4.98 Å². The summed E-state index contributed by atoms with van der Waals surface area (Å²) in [4.78, 5) is 38.3. The molecule has 4 rings (SSSR count). The van der Waals surface area contributed by atoms with Crippen molar-refractivity contribution < 1.29 is 18.0 Å². The summed E-state index contributed by atoms with van der Waals surface area (Å²) in [5, 5.41) is 2.52. The molecule has 1 aliphatic carbocycles. The number of aromatic nitrogens is 2. The summed E-state index contributed by atoms with van der Waals surface area (Å²) in [6.07, 6.45) is 6.01. The van der Waals surface area contributed by atoms with Gasteiger partial charge in [0, 0.05) is 49.5 Å². The van der Waals surface area contributed by atoms with Crippen LogP contribution in [0.5, 0.6) is 0 Å². The molecule has 2 fully saturated rings. The van der Waals surface area contributed by atoms with Crippen LogP contribution in [0.1, 0.15) is 77.0 Å². The van der Waals surface area contributed by atoms with E-state index in [1.54, 1.807) is 6.92 Å². The number of carbonyl (C=O) groups excluding carboxylic acids is 2. The zero-order chi connectivity index (χ0) is 25.4. The average molecular weight is 507 g/mol. The van der Waals surface area contributed by atoms with Gasteiger partial charge in [-0.15, -0.1) is 0 Å². The molecule has 10 nitrogen and oxygen atoms in total. The molecule has 2 N–H and O–H groups in total. The van der Waals surface area contributed by atoms with Crippen molar-refractivity contribution in [3.05, 3.63) is 11.3 Å². The molecule has 2 saturated heterocycles. The van der Waals surface area contributed by atoms with Gasteiger partial charge in [-0.3, -0.25) is 14.5 Å². The van der Waals surface area contributed by atoms with Crippen LogP contribution in [0.25, 0.3) is 0 Å². The van der Waals surface area contributed by atoms with E-state index in [9.17, 15) is 18.0 Å². The fraction of sp³-hybridized carbons (Fsp3) is 0.750. The number of nitrogens with one attached hydrogen (secondary N) is 2. The van der Waals surface area contributed by atoms with Crippen molar-refractivity contribution in [2.24, 2.45) is 0 Å². The van der Waals surface area contributed by atoms with Gasteiger partial charge in [-0.25, -0.2) is 18.1 Å². The highest BCUT2D eigenvalue weighted by Gasteiger charge is 2.37. The molecule has 0 saturated carbocycles. The maximum atomic E-state index is 12.4. The summed E-state index contributed by atoms with van der Waals surface area (Å²) in [6, 6.07) is -0.0501. The minimum Gasteiger partial charge on any atom is -0.356 e. The minimum atomic E-state index is -3.40. The number of anilines is 2. The summed E-state index contributed by atoms with van der Waals surface area (Å²) < 4.78 is 26.6. The van der Waals surface area contributed by atoms with Crippen LogP contribution in [0, 0.1) is 0 Å². The molecule has 194 valence electrons. The van der Waals surface area contributed by atoms with E-state index in [-0.39, 0.29) is 29.8 Å². The molecule has 11 heteroatoms. The quantitative estimate of drug-likeness (QED) is 0.538. The summed E-state index contributed by atoms with van der Waals surface area (Å²) in [5.74, 6) is 1.25. The van der Waals surface area contributed by atoms with Gasteiger partial charge >= 0.3 is 0 Å². The van der Waals surface area contributed by atoms with Crippen LogP contribution in [-0.4, -0.2) is 73.1 Å². The Kier molecular flexibility index (Phi) is 7.38. The Morgan fingerprint density at radius 2 is 1.71 bits per heavy atom. The van der Waals surface area contributed by atoms with Crippen molar-refractivity contribution in [3.63, 3.8) is 0 Å². The van der Waals surface area contributed by atoms with Gasteiger partial charge in [0.15, 0.2) is 0 Å². The smallest absolute Gasteiger partial charge is 0.229 e. The first kappa shape index (κ1) is 25.8. The summed E-state index contributed by atoms with van der Waals surface area (Å²) >= 11 is 0. The lowest BCUT2D eigenvalue weighted by molar-refractivity contribution is -0.151. The first-order valence-corrected chi connectivity index (χ1v) is 14.3. The van der Waals surface area contributed by atoms with Crippen LogP contribution < -0.4 is 14.9 Å². The van der Waals surface area contributed by atoms with Gasteiger partial charge in [-0.1, -0.05) is 13.8 Å². The number of imide groups is 1. The number of nitrogens with zero attached hydrogens (tertiary/aromatic N) is 4. The summed E-state index contributed by atoms with van der Waals surface area (Å²) in [6.45, 7) is 7.64. The lowest BCUT2D eigenvalue weighted by Crippen LogP contribution is -2.52. The Morgan fingerprint density at radius 3 is 2.34 bits per heavy atom. The molecule has 0 spiro atoms. The predicted molar refractivity (Wildman–Crippen MR) is 135 cm³/mol. The van der Waals surface area contributed by atoms with Crippen LogP contribution in [-0.2, 0) is 31.4 Å². The predicted octanol–water partition coefficient (Wildman–Crippen LogP) is 1.95. The van der Waals surface area contributed by atoms with E-state index in [2.05, 4.69) is 28.8 Å². The van der Waals surface area contributed by atoms with Gasteiger partial charge in [0.05, 0.1) is 10.9 Å². The van der Waals surface area contributed by atoms with E-state index in [1.807, 2.05) is 0 Å². The van der Waals surface area contributed by atoms with Crippen molar-refractivity contribution in [2.75, 3.05) is 36.9 Å².